The molecule has 0 amide bonds. The molecule has 150 valence electrons. The summed E-state index contributed by atoms with van der Waals surface area (Å²) < 4.78 is 78.0. The summed E-state index contributed by atoms with van der Waals surface area (Å²) >= 11 is 0. The van der Waals surface area contributed by atoms with Crippen molar-refractivity contribution in [2.24, 2.45) is 0 Å². The Bertz CT molecular complexity index is 799. The van der Waals surface area contributed by atoms with Gasteiger partial charge in [0.2, 0.25) is 10.8 Å². The van der Waals surface area contributed by atoms with E-state index in [9.17, 15) is 34.5 Å². The van der Waals surface area contributed by atoms with Gasteiger partial charge in [-0.3, -0.25) is 0 Å². The zero-order valence-electron chi connectivity index (χ0n) is 14.4. The molecule has 0 fully saturated rings. The van der Waals surface area contributed by atoms with Crippen LogP contribution in [0.3, 0.4) is 0 Å². The third-order valence-corrected chi connectivity index (χ3v) is 2.94. The van der Waals surface area contributed by atoms with Crippen molar-refractivity contribution in [3.63, 3.8) is 0 Å². The highest BCUT2D eigenvalue weighted by atomic mass is 19.5. The van der Waals surface area contributed by atoms with E-state index in [1.165, 1.54) is 0 Å². The third kappa shape index (κ3) is 11.5. The smallest absolute Gasteiger partial charge is 0.418 e. The topological polar surface area (TPSA) is 56.3 Å². The molecule has 2 aromatic rings. The molecule has 28 heavy (non-hydrogen) atoms. The average Bonchev–Trinajstić information content (AvgIpc) is 2.52. The van der Waals surface area contributed by atoms with Gasteiger partial charge in [0.1, 0.15) is 0 Å². The number of hydrogen-bond acceptors (Lipinski definition) is 2. The molecule has 0 aliphatic heterocycles. The first-order chi connectivity index (χ1) is 12.7. The van der Waals surface area contributed by atoms with Crippen LogP contribution >= 0.6 is 0 Å². The van der Waals surface area contributed by atoms with E-state index >= 15 is 0 Å². The number of rotatable bonds is 1. The number of diazo groups is 2. The van der Waals surface area contributed by atoms with Crippen LogP contribution in [0.5, 0.6) is 0 Å². The minimum atomic E-state index is -6.00. The number of hydrogen-bond donors (Lipinski definition) is 0. The minimum absolute atomic E-state index is 0.538. The summed E-state index contributed by atoms with van der Waals surface area (Å²) in [6.07, 6.45) is 0. The molecule has 0 saturated heterocycles. The van der Waals surface area contributed by atoms with Gasteiger partial charge in [-0.25, -0.2) is 0 Å². The van der Waals surface area contributed by atoms with Crippen molar-refractivity contribution in [1.29, 1.82) is 10.8 Å². The third-order valence-electron chi connectivity index (χ3n) is 2.94. The summed E-state index contributed by atoms with van der Waals surface area (Å²) in [7, 11) is -12.0. The van der Waals surface area contributed by atoms with Gasteiger partial charge in [-0.1, -0.05) is 0 Å². The van der Waals surface area contributed by atoms with Crippen LogP contribution in [0.4, 0.5) is 45.9 Å². The molecule has 0 bridgehead atoms. The van der Waals surface area contributed by atoms with Gasteiger partial charge in [-0.05, 0) is 48.2 Å². The molecule has 0 saturated carbocycles. The van der Waals surface area contributed by atoms with Crippen molar-refractivity contribution in [2.75, 3.05) is 0 Å². The van der Waals surface area contributed by atoms with E-state index in [4.69, 9.17) is 10.8 Å². The zero-order valence-corrected chi connectivity index (χ0v) is 14.4. The Morgan fingerprint density at radius 1 is 0.607 bits per heavy atom. The lowest BCUT2D eigenvalue weighted by Crippen LogP contribution is -2.02. The molecule has 0 radical (unpaired) electrons. The number of halogens is 8. The quantitative estimate of drug-likeness (QED) is 0.277. The first-order valence-corrected chi connectivity index (χ1v) is 7.32. The Morgan fingerprint density at radius 3 is 1.04 bits per heavy atom. The van der Waals surface area contributed by atoms with Crippen LogP contribution in [-0.2, 0) is 0 Å². The maximum absolute atomic E-state index is 9.75. The van der Waals surface area contributed by atoms with Crippen molar-refractivity contribution < 1.29 is 34.5 Å². The first kappa shape index (κ1) is 24.8. The van der Waals surface area contributed by atoms with Gasteiger partial charge >= 0.3 is 25.9 Å². The number of benzene rings is 2. The molecule has 0 unspecified atom stereocenters. The predicted molar refractivity (Wildman–Crippen MR) is 91.2 cm³/mol. The lowest BCUT2D eigenvalue weighted by Gasteiger charge is -2.06. The number of nitrogens with zero attached hydrogens (tertiary/aromatic N) is 4. The first-order valence-electron chi connectivity index (χ1n) is 7.32. The van der Waals surface area contributed by atoms with E-state index in [1.807, 2.05) is 38.1 Å². The second-order valence-electron chi connectivity index (χ2n) is 5.19. The monoisotopic (exact) mass is 410 g/mol. The summed E-state index contributed by atoms with van der Waals surface area (Å²) in [6.45, 7) is 3.93. The molecule has 0 aliphatic carbocycles. The minimum Gasteiger partial charge on any atom is -0.418 e. The SMILES string of the molecule is Cc1cc([N+]#N)ccc1-c1ccc([N+]#N)cc1C.F[B-](F)(F)F.F[B-](F)(F)F. The van der Waals surface area contributed by atoms with Crippen molar-refractivity contribution in [3.8, 4) is 11.1 Å². The molecular weight excluding hydrogens is 398 g/mol. The molecule has 4 nitrogen and oxygen atoms in total. The molecular formula is C14H12B2F8N4. The van der Waals surface area contributed by atoms with Crippen molar-refractivity contribution >= 4 is 25.9 Å². The van der Waals surface area contributed by atoms with Gasteiger partial charge < -0.3 is 34.5 Å². The second-order valence-corrected chi connectivity index (χ2v) is 5.19. The van der Waals surface area contributed by atoms with Crippen molar-refractivity contribution in [1.82, 2.24) is 0 Å². The highest BCUT2D eigenvalue weighted by Gasteiger charge is 2.21. The van der Waals surface area contributed by atoms with Crippen LogP contribution in [0.25, 0.3) is 21.1 Å². The largest absolute Gasteiger partial charge is 0.673 e. The fourth-order valence-corrected chi connectivity index (χ4v) is 2.02. The van der Waals surface area contributed by atoms with E-state index < -0.39 is 14.5 Å². The Labute approximate surface area is 154 Å². The normalized spacial score (nSPS) is 10.4. The average molecular weight is 410 g/mol. The molecule has 0 atom stereocenters. The molecule has 0 heterocycles. The highest BCUT2D eigenvalue weighted by Crippen LogP contribution is 2.31. The van der Waals surface area contributed by atoms with Crippen LogP contribution in [0, 0.1) is 24.6 Å². The fourth-order valence-electron chi connectivity index (χ4n) is 2.02. The van der Waals surface area contributed by atoms with Crippen LogP contribution in [0.1, 0.15) is 11.1 Å². The molecule has 2 rings (SSSR count). The van der Waals surface area contributed by atoms with Crippen molar-refractivity contribution in [3.05, 3.63) is 57.5 Å². The zero-order chi connectivity index (χ0) is 22.1. The molecule has 14 heteroatoms. The van der Waals surface area contributed by atoms with Gasteiger partial charge in [0.05, 0.1) is 0 Å². The van der Waals surface area contributed by atoms with E-state index in [1.54, 1.807) is 12.1 Å². The summed E-state index contributed by atoms with van der Waals surface area (Å²) in [6, 6.07) is 11.0. The molecule has 0 spiro atoms. The Morgan fingerprint density at radius 2 is 0.857 bits per heavy atom. The van der Waals surface area contributed by atoms with Crippen LogP contribution in [0.2, 0.25) is 0 Å². The Hall–Kier alpha value is -3.15. The van der Waals surface area contributed by atoms with E-state index in [2.05, 4.69) is 9.95 Å². The lowest BCUT2D eigenvalue weighted by atomic mass is 9.96. The summed E-state index contributed by atoms with van der Waals surface area (Å²) in [5.41, 5.74) is 5.28. The Kier molecular flexibility index (Phi) is 9.10. The number of aryl methyl sites for hydroxylation is 2. The van der Waals surface area contributed by atoms with Crippen LogP contribution in [-0.4, -0.2) is 14.5 Å². The van der Waals surface area contributed by atoms with E-state index in [0.717, 1.165) is 22.3 Å². The maximum Gasteiger partial charge on any atom is 0.673 e. The van der Waals surface area contributed by atoms with Crippen molar-refractivity contribution in [2.45, 2.75) is 13.8 Å². The van der Waals surface area contributed by atoms with Gasteiger partial charge in [0, 0.05) is 24.3 Å². The predicted octanol–water partition coefficient (Wildman–Crippen LogP) is 7.54. The van der Waals surface area contributed by atoms with Crippen LogP contribution < -0.4 is 0 Å². The summed E-state index contributed by atoms with van der Waals surface area (Å²) in [4.78, 5) is 6.34. The van der Waals surface area contributed by atoms with E-state index in [0.29, 0.717) is 11.4 Å². The standard InChI is InChI=1S/C14H12N4.2BF4/c1-9-7-11(17-15)3-5-13(9)14-6-4-12(18-16)8-10(14)2;2*2-1(3,4)5/h3-8H,1-2H3;;/q+2;2*-1. The molecule has 0 aliphatic rings. The van der Waals surface area contributed by atoms with Gasteiger partial charge in [0.15, 0.2) is 9.95 Å². The lowest BCUT2D eigenvalue weighted by molar-refractivity contribution is 0.366. The fraction of sp³-hybridized carbons (Fsp3) is 0.143. The molecule has 2 aromatic carbocycles. The van der Waals surface area contributed by atoms with Gasteiger partial charge in [-0.15, -0.1) is 0 Å². The van der Waals surface area contributed by atoms with Crippen LogP contribution in [0.15, 0.2) is 36.4 Å². The molecule has 0 aromatic heterocycles. The van der Waals surface area contributed by atoms with Gasteiger partial charge in [-0.2, -0.15) is 0 Å². The molecule has 0 N–H and O–H groups in total. The summed E-state index contributed by atoms with van der Waals surface area (Å²) in [5.74, 6) is 0. The summed E-state index contributed by atoms with van der Waals surface area (Å²) in [5, 5.41) is 17.5. The highest BCUT2D eigenvalue weighted by molar-refractivity contribution is 6.50. The maximum atomic E-state index is 9.75. The second kappa shape index (κ2) is 10.3. The Balaban J connectivity index is 0.000000607. The van der Waals surface area contributed by atoms with E-state index in [-0.39, 0.29) is 0 Å². The van der Waals surface area contributed by atoms with Gasteiger partial charge in [0.25, 0.3) is 0 Å².